The summed E-state index contributed by atoms with van der Waals surface area (Å²) in [6, 6.07) is 6.05. The first-order chi connectivity index (χ1) is 17.1. The van der Waals surface area contributed by atoms with Gasteiger partial charge in [-0.15, -0.1) is 11.5 Å². The Morgan fingerprint density at radius 2 is 1.16 bits per heavy atom. The molecule has 0 N–H and O–H groups in total. The fraction of sp³-hybridized carbons (Fsp3) is 0.433. The molecule has 0 atom stereocenters. The molecular weight excluding hydrogens is 525 g/mol. The fourth-order valence-corrected chi connectivity index (χ4v) is 4.29. The van der Waals surface area contributed by atoms with Gasteiger partial charge in [-0.05, 0) is 59.9 Å². The molecule has 0 saturated carbocycles. The van der Waals surface area contributed by atoms with Gasteiger partial charge < -0.3 is 19.7 Å². The first kappa shape index (κ1) is 32.9. The minimum atomic E-state index is -0.500. The molecule has 3 rings (SSSR count). The number of nitrogens with zero attached hydrogens (tertiary/aromatic N) is 3. The van der Waals surface area contributed by atoms with Crippen LogP contribution in [0.25, 0.3) is 0 Å². The van der Waals surface area contributed by atoms with Gasteiger partial charge in [-0.1, -0.05) is 59.2 Å². The Labute approximate surface area is 237 Å². The summed E-state index contributed by atoms with van der Waals surface area (Å²) in [5.41, 5.74) is 4.36. The van der Waals surface area contributed by atoms with Crippen LogP contribution in [-0.2, 0) is 27.3 Å². The summed E-state index contributed by atoms with van der Waals surface area (Å²) < 4.78 is 10.8. The number of aryl methyl sites for hydroxylation is 3. The third kappa shape index (κ3) is 7.70. The van der Waals surface area contributed by atoms with E-state index >= 15 is 0 Å². The number of methoxy groups -OCH3 is 2. The first-order valence-electron chi connectivity index (χ1n) is 12.2. The Morgan fingerprint density at radius 1 is 0.763 bits per heavy atom. The molecule has 0 saturated heterocycles. The molecule has 0 aliphatic heterocycles. The van der Waals surface area contributed by atoms with Crippen LogP contribution in [-0.4, -0.2) is 30.4 Å². The maximum atomic E-state index is 12.5. The van der Waals surface area contributed by atoms with Crippen molar-refractivity contribution in [3.05, 3.63) is 64.2 Å². The minimum absolute atomic E-state index is 0. The number of aromatic nitrogens is 2. The van der Waals surface area contributed by atoms with Gasteiger partial charge in [0.05, 0.1) is 26.1 Å². The number of aliphatic imine (C=N–C) groups is 1. The third-order valence-electron chi connectivity index (χ3n) is 5.76. The van der Waals surface area contributed by atoms with Gasteiger partial charge in [0, 0.05) is 12.4 Å². The van der Waals surface area contributed by atoms with Gasteiger partial charge in [-0.25, -0.2) is 9.97 Å². The molecule has 208 valence electrons. The Bertz CT molecular complexity index is 1190. The molecule has 0 radical (unpaired) electrons. The predicted octanol–water partition coefficient (Wildman–Crippen LogP) is 5.60. The van der Waals surface area contributed by atoms with Crippen LogP contribution >= 0.6 is 0 Å². The Balaban J connectivity index is 0.000000374. The monoisotopic (exact) mass is 563 g/mol. The van der Waals surface area contributed by atoms with Gasteiger partial charge in [-0.2, -0.15) is 0 Å². The molecule has 0 unspecified atom stereocenters. The molecule has 0 aliphatic carbocycles. The first-order valence-corrected chi connectivity index (χ1v) is 12.2. The molecule has 0 spiro atoms. The zero-order chi connectivity index (χ0) is 28.1. The Morgan fingerprint density at radius 3 is 1.50 bits per heavy atom. The van der Waals surface area contributed by atoms with E-state index in [4.69, 9.17) is 9.47 Å². The molecule has 2 aromatic carbocycles. The van der Waals surface area contributed by atoms with Gasteiger partial charge in [0.25, 0.3) is 0 Å². The van der Waals surface area contributed by atoms with Gasteiger partial charge in [-0.3, -0.25) is 4.99 Å². The van der Waals surface area contributed by atoms with Gasteiger partial charge in [0.2, 0.25) is 0 Å². The second-order valence-electron chi connectivity index (χ2n) is 11.1. The largest absolute Gasteiger partial charge is 2.00 e. The molecule has 0 fully saturated rings. The van der Waals surface area contributed by atoms with Crippen LogP contribution in [0.4, 0.5) is 5.69 Å². The fourth-order valence-electron chi connectivity index (χ4n) is 4.29. The molecule has 0 bridgehead atoms. The van der Waals surface area contributed by atoms with E-state index < -0.39 is 22.3 Å². The molecule has 0 aliphatic rings. The molecular formula is C30H39N3NiO4. The Kier molecular flexibility index (Phi) is 11.3. The molecule has 1 aromatic heterocycles. The number of hydrogen-bond acceptors (Lipinski definition) is 7. The van der Waals surface area contributed by atoms with Crippen LogP contribution in [0, 0.1) is 20.8 Å². The molecule has 7 nitrogen and oxygen atoms in total. The van der Waals surface area contributed by atoms with Crippen molar-refractivity contribution in [3.63, 3.8) is 0 Å². The average Bonchev–Trinajstić information content (AvgIpc) is 2.79. The van der Waals surface area contributed by atoms with Crippen molar-refractivity contribution >= 4 is 11.9 Å². The zero-order valence-corrected chi connectivity index (χ0v) is 25.2. The number of rotatable bonds is 4. The SMILES string of the molecule is COc1c(OC)c(C(C)(C)C)c([O-])c([O-])c1C(C)(C)C.Cc1cc(C)c(N=Cc2ncccn2)c(C)c1.[Ni+2]. The summed E-state index contributed by atoms with van der Waals surface area (Å²) >= 11 is 0. The van der Waals surface area contributed by atoms with Crippen LogP contribution in [0.1, 0.15) is 75.2 Å². The van der Waals surface area contributed by atoms with Crippen LogP contribution in [0.15, 0.2) is 35.6 Å². The number of hydrogen-bond donors (Lipinski definition) is 0. The summed E-state index contributed by atoms with van der Waals surface area (Å²) in [5, 5.41) is 25.0. The topological polar surface area (TPSA) is 103 Å². The molecule has 38 heavy (non-hydrogen) atoms. The quantitative estimate of drug-likeness (QED) is 0.302. The van der Waals surface area contributed by atoms with Crippen molar-refractivity contribution in [1.82, 2.24) is 9.97 Å². The maximum absolute atomic E-state index is 12.5. The van der Waals surface area contributed by atoms with E-state index in [-0.39, 0.29) is 16.5 Å². The van der Waals surface area contributed by atoms with E-state index in [1.54, 1.807) is 24.7 Å². The van der Waals surface area contributed by atoms with E-state index in [2.05, 4.69) is 47.9 Å². The van der Waals surface area contributed by atoms with Crippen LogP contribution in [0.2, 0.25) is 0 Å². The normalized spacial score (nSPS) is 11.4. The predicted molar refractivity (Wildman–Crippen MR) is 146 cm³/mol. The molecule has 1 heterocycles. The van der Waals surface area contributed by atoms with E-state index in [9.17, 15) is 10.2 Å². The smallest absolute Gasteiger partial charge is 0.873 e. The summed E-state index contributed by atoms with van der Waals surface area (Å²) in [6.45, 7) is 17.5. The molecule has 0 amide bonds. The molecule has 3 aromatic rings. The van der Waals surface area contributed by atoms with E-state index in [0.29, 0.717) is 28.5 Å². The summed E-state index contributed by atoms with van der Waals surface area (Å²) in [5.74, 6) is 0.371. The molecule has 8 heteroatoms. The third-order valence-corrected chi connectivity index (χ3v) is 5.76. The number of ether oxygens (including phenoxy) is 2. The summed E-state index contributed by atoms with van der Waals surface area (Å²) in [4.78, 5) is 12.7. The van der Waals surface area contributed by atoms with Crippen molar-refractivity contribution in [3.8, 4) is 23.0 Å². The summed E-state index contributed by atoms with van der Waals surface area (Å²) in [7, 11) is 2.98. The van der Waals surface area contributed by atoms with Gasteiger partial charge in [0.15, 0.2) is 17.3 Å². The number of benzene rings is 2. The minimum Gasteiger partial charge on any atom is -0.873 e. The standard InChI is InChI=1S/C16H26O4.C14H15N3.Ni/c1-15(2,3)9-11(17)12(18)10(16(4,5)6)14(20-8)13(9)19-7;1-10-7-11(2)14(12(3)8-10)17-9-13-15-5-4-6-16-13;/h17-18H,1-8H3;4-9H,1-3H3;/q;;+2/p-2. The Hall–Kier alpha value is -3.12. The van der Waals surface area contributed by atoms with Crippen LogP contribution in [0.5, 0.6) is 23.0 Å². The van der Waals surface area contributed by atoms with E-state index in [1.807, 2.05) is 41.5 Å². The second-order valence-corrected chi connectivity index (χ2v) is 11.1. The summed E-state index contributed by atoms with van der Waals surface area (Å²) in [6.07, 6.45) is 5.12. The van der Waals surface area contributed by atoms with Crippen molar-refractivity contribution in [2.75, 3.05) is 14.2 Å². The average molecular weight is 564 g/mol. The van der Waals surface area contributed by atoms with Crippen LogP contribution < -0.4 is 19.7 Å². The van der Waals surface area contributed by atoms with Crippen molar-refractivity contribution < 1.29 is 36.2 Å². The van der Waals surface area contributed by atoms with Crippen LogP contribution in [0.3, 0.4) is 0 Å². The van der Waals surface area contributed by atoms with Crippen molar-refractivity contribution in [1.29, 1.82) is 0 Å². The zero-order valence-electron chi connectivity index (χ0n) is 24.3. The van der Waals surface area contributed by atoms with E-state index in [1.165, 1.54) is 30.9 Å². The second kappa shape index (κ2) is 13.1. The van der Waals surface area contributed by atoms with Gasteiger partial charge in [0.1, 0.15) is 0 Å². The maximum Gasteiger partial charge on any atom is 2.00 e. The van der Waals surface area contributed by atoms with E-state index in [0.717, 1.165) is 5.69 Å². The van der Waals surface area contributed by atoms with Gasteiger partial charge >= 0.3 is 16.5 Å². The van der Waals surface area contributed by atoms with Crippen molar-refractivity contribution in [2.45, 2.75) is 73.1 Å². The van der Waals surface area contributed by atoms with Crippen molar-refractivity contribution in [2.24, 2.45) is 4.99 Å².